The standard InChI is InChI=1S/C11H15F9Si/c1-4(12)9(15,16)7(10(17,18)5(2)13)8(21)11(19,20)6(3)14/h4-6H,1-3,21H3. The van der Waals surface area contributed by atoms with Gasteiger partial charge >= 0.3 is 11.8 Å². The maximum atomic E-state index is 13.6. The van der Waals surface area contributed by atoms with E-state index in [4.69, 9.17) is 0 Å². The molecule has 0 heterocycles. The van der Waals surface area contributed by atoms with Gasteiger partial charge in [0.15, 0.2) is 18.5 Å². The average Bonchev–Trinajstić information content (AvgIpc) is 2.27. The summed E-state index contributed by atoms with van der Waals surface area (Å²) in [6.07, 6.45) is -9.60. The van der Waals surface area contributed by atoms with Crippen LogP contribution >= 0.6 is 0 Å². The number of halogens is 9. The molecule has 10 heteroatoms. The first-order valence-corrected chi connectivity index (χ1v) is 6.89. The highest BCUT2D eigenvalue weighted by Gasteiger charge is 2.59. The number of rotatable bonds is 6. The third kappa shape index (κ3) is 3.75. The summed E-state index contributed by atoms with van der Waals surface area (Å²) in [5, 5.41) is -1.94. The quantitative estimate of drug-likeness (QED) is 0.509. The highest BCUT2D eigenvalue weighted by Crippen LogP contribution is 2.47. The van der Waals surface area contributed by atoms with E-state index in [0.29, 0.717) is 0 Å². The molecule has 21 heavy (non-hydrogen) atoms. The first-order chi connectivity index (χ1) is 9.11. The molecule has 0 rings (SSSR count). The van der Waals surface area contributed by atoms with Crippen LogP contribution in [-0.4, -0.2) is 46.5 Å². The van der Waals surface area contributed by atoms with Gasteiger partial charge in [-0.3, -0.25) is 0 Å². The van der Waals surface area contributed by atoms with Crippen molar-refractivity contribution in [1.29, 1.82) is 0 Å². The van der Waals surface area contributed by atoms with Gasteiger partial charge < -0.3 is 0 Å². The van der Waals surface area contributed by atoms with E-state index in [1.807, 2.05) is 0 Å². The fourth-order valence-corrected chi connectivity index (χ4v) is 2.65. The molecule has 0 aliphatic rings. The summed E-state index contributed by atoms with van der Waals surface area (Å²) in [5.74, 6) is -14.7. The minimum absolute atomic E-state index is 0.171. The van der Waals surface area contributed by atoms with Gasteiger partial charge in [-0.15, -0.1) is 0 Å². The van der Waals surface area contributed by atoms with E-state index >= 15 is 0 Å². The molecule has 0 amide bonds. The van der Waals surface area contributed by atoms with Crippen LogP contribution in [0.4, 0.5) is 39.5 Å². The Balaban J connectivity index is 6.47. The topological polar surface area (TPSA) is 0 Å². The zero-order valence-electron chi connectivity index (χ0n) is 11.6. The van der Waals surface area contributed by atoms with Crippen LogP contribution in [-0.2, 0) is 0 Å². The van der Waals surface area contributed by atoms with Crippen LogP contribution in [0.1, 0.15) is 20.8 Å². The largest absolute Gasteiger partial charge is 0.305 e. The Morgan fingerprint density at radius 1 is 0.667 bits per heavy atom. The van der Waals surface area contributed by atoms with Crippen LogP contribution in [0, 0.1) is 0 Å². The molecule has 0 aliphatic carbocycles. The van der Waals surface area contributed by atoms with Crippen molar-refractivity contribution >= 4 is 10.2 Å². The fourth-order valence-electron chi connectivity index (χ4n) is 1.58. The van der Waals surface area contributed by atoms with Gasteiger partial charge in [-0.25, -0.2) is 13.2 Å². The van der Waals surface area contributed by atoms with E-state index in [1.165, 1.54) is 0 Å². The van der Waals surface area contributed by atoms with Crippen molar-refractivity contribution in [2.45, 2.75) is 57.1 Å². The van der Waals surface area contributed by atoms with Crippen LogP contribution in [0.5, 0.6) is 0 Å². The van der Waals surface area contributed by atoms with Crippen LogP contribution in [0.25, 0.3) is 0 Å². The third-order valence-corrected chi connectivity index (χ3v) is 4.21. The molecule has 3 unspecified atom stereocenters. The van der Waals surface area contributed by atoms with E-state index in [-0.39, 0.29) is 20.8 Å². The molecule has 0 aromatic rings. The molecule has 0 aliphatic heterocycles. The Kier molecular flexibility index (Phi) is 6.01. The van der Waals surface area contributed by atoms with E-state index < -0.39 is 57.3 Å². The molecule has 0 aromatic heterocycles. The molecule has 0 fully saturated rings. The molecular formula is C11H15F9Si. The Morgan fingerprint density at radius 3 is 1.10 bits per heavy atom. The smallest absolute Gasteiger partial charge is 0.241 e. The summed E-state index contributed by atoms with van der Waals surface area (Å²) >= 11 is 0. The molecule has 0 bridgehead atoms. The van der Waals surface area contributed by atoms with Crippen molar-refractivity contribution < 1.29 is 39.5 Å². The van der Waals surface area contributed by atoms with Gasteiger partial charge in [0.25, 0.3) is 5.92 Å². The summed E-state index contributed by atoms with van der Waals surface area (Å²) in [6.45, 7) is 0.624. The third-order valence-electron chi connectivity index (χ3n) is 3.04. The highest BCUT2D eigenvalue weighted by molar-refractivity contribution is 6.23. The summed E-state index contributed by atoms with van der Waals surface area (Å²) in [5.41, 5.74) is -2.67. The first-order valence-electron chi connectivity index (χ1n) is 5.89. The van der Waals surface area contributed by atoms with Gasteiger partial charge in [-0.05, 0) is 26.0 Å². The zero-order valence-corrected chi connectivity index (χ0v) is 13.6. The molecule has 0 saturated heterocycles. The van der Waals surface area contributed by atoms with Gasteiger partial charge in [0.05, 0.1) is 5.57 Å². The van der Waals surface area contributed by atoms with Crippen molar-refractivity contribution in [2.75, 3.05) is 0 Å². The summed E-state index contributed by atoms with van der Waals surface area (Å²) in [7, 11) is -1.12. The maximum absolute atomic E-state index is 13.6. The SMILES string of the molecule is CC(F)C(F)(F)C([SiH3])=C(C(F)(F)C(C)F)C(F)(F)C(C)F. The van der Waals surface area contributed by atoms with E-state index in [9.17, 15) is 39.5 Å². The Bertz CT molecular complexity index is 376. The lowest BCUT2D eigenvalue weighted by Gasteiger charge is -2.33. The predicted octanol–water partition coefficient (Wildman–Crippen LogP) is 3.59. The minimum atomic E-state index is -5.04. The number of hydrogen-bond acceptors (Lipinski definition) is 0. The summed E-state index contributed by atoms with van der Waals surface area (Å²) in [4.78, 5) is 0. The van der Waals surface area contributed by atoms with Crippen LogP contribution in [0.3, 0.4) is 0 Å². The van der Waals surface area contributed by atoms with Crippen molar-refractivity contribution in [2.24, 2.45) is 0 Å². The average molecular weight is 346 g/mol. The second kappa shape index (κ2) is 6.21. The van der Waals surface area contributed by atoms with Gasteiger partial charge in [0.2, 0.25) is 0 Å². The summed E-state index contributed by atoms with van der Waals surface area (Å²) in [6, 6.07) is 0. The predicted molar refractivity (Wildman–Crippen MR) is 63.5 cm³/mol. The van der Waals surface area contributed by atoms with Crippen LogP contribution in [0.2, 0.25) is 0 Å². The lowest BCUT2D eigenvalue weighted by molar-refractivity contribution is -0.112. The lowest BCUT2D eigenvalue weighted by atomic mass is 9.93. The second-order valence-electron chi connectivity index (χ2n) is 4.72. The van der Waals surface area contributed by atoms with E-state index in [2.05, 4.69) is 0 Å². The highest BCUT2D eigenvalue weighted by atomic mass is 28.1. The van der Waals surface area contributed by atoms with Gasteiger partial charge in [-0.2, -0.15) is 26.3 Å². The Hall–Kier alpha value is -0.673. The summed E-state index contributed by atoms with van der Waals surface area (Å²) < 4.78 is 120. The molecule has 126 valence electrons. The van der Waals surface area contributed by atoms with Gasteiger partial charge in [0.1, 0.15) is 0 Å². The van der Waals surface area contributed by atoms with Gasteiger partial charge in [-0.1, -0.05) is 0 Å². The van der Waals surface area contributed by atoms with Crippen molar-refractivity contribution in [3.8, 4) is 0 Å². The number of allylic oxidation sites excluding steroid dienone is 2. The Labute approximate surface area is 118 Å². The maximum Gasteiger partial charge on any atom is 0.305 e. The van der Waals surface area contributed by atoms with E-state index in [1.54, 1.807) is 0 Å². The van der Waals surface area contributed by atoms with E-state index in [0.717, 1.165) is 0 Å². The zero-order chi connectivity index (χ0) is 17.4. The van der Waals surface area contributed by atoms with Crippen LogP contribution < -0.4 is 0 Å². The molecule has 0 N–H and O–H groups in total. The van der Waals surface area contributed by atoms with Crippen LogP contribution in [0.15, 0.2) is 10.8 Å². The minimum Gasteiger partial charge on any atom is -0.241 e. The first kappa shape index (κ1) is 20.3. The second-order valence-corrected chi connectivity index (χ2v) is 5.72. The molecule has 3 atom stereocenters. The van der Waals surface area contributed by atoms with Gasteiger partial charge in [0, 0.05) is 10.2 Å². The van der Waals surface area contributed by atoms with Crippen molar-refractivity contribution in [3.63, 3.8) is 0 Å². The molecule has 0 aromatic carbocycles. The molecular weight excluding hydrogens is 331 g/mol. The van der Waals surface area contributed by atoms with Crippen molar-refractivity contribution in [1.82, 2.24) is 0 Å². The molecule has 0 saturated carbocycles. The lowest BCUT2D eigenvalue weighted by Crippen LogP contribution is -2.47. The Morgan fingerprint density at radius 2 is 0.905 bits per heavy atom. The molecule has 0 spiro atoms. The van der Waals surface area contributed by atoms with Crippen molar-refractivity contribution in [3.05, 3.63) is 10.8 Å². The normalized spacial score (nSPS) is 18.3. The number of hydrogen-bond donors (Lipinski definition) is 0. The molecule has 0 radical (unpaired) electrons. The molecule has 0 nitrogen and oxygen atoms in total. The monoisotopic (exact) mass is 346 g/mol. The number of alkyl halides is 9. The fraction of sp³-hybridized carbons (Fsp3) is 0.818.